The minimum atomic E-state index is -0.221. The molecule has 0 saturated carbocycles. The van der Waals surface area contributed by atoms with Gasteiger partial charge in [-0.05, 0) is 46.3 Å². The van der Waals surface area contributed by atoms with Crippen LogP contribution >= 0.6 is 15.9 Å². The highest BCUT2D eigenvalue weighted by Gasteiger charge is 2.03. The molecule has 0 radical (unpaired) electrons. The molecule has 0 unspecified atom stereocenters. The molecular weight excluding hydrogens is 259 g/mol. The normalized spacial score (nSPS) is 11.3. The molecule has 4 heteroatoms. The van der Waals surface area contributed by atoms with Crippen molar-refractivity contribution in [3.63, 3.8) is 0 Å². The van der Waals surface area contributed by atoms with E-state index in [1.807, 2.05) is 22.7 Å². The summed E-state index contributed by atoms with van der Waals surface area (Å²) in [5.41, 5.74) is 1.80. The molecule has 2 aromatic heterocycles. The number of nitrogens with zero attached hydrogens (tertiary/aromatic N) is 2. The summed E-state index contributed by atoms with van der Waals surface area (Å²) < 4.78 is 15.7. The standard InChI is InChI=1S/C11H6BrFN2/c12-10-6-15-9-3-2-8(13)5-7(9)1-4-11(15)14-10/h1-6H. The minimum Gasteiger partial charge on any atom is -0.298 e. The zero-order valence-corrected chi connectivity index (χ0v) is 9.20. The van der Waals surface area contributed by atoms with Crippen LogP contribution in [0.4, 0.5) is 4.39 Å². The van der Waals surface area contributed by atoms with Gasteiger partial charge in [-0.25, -0.2) is 9.37 Å². The van der Waals surface area contributed by atoms with Gasteiger partial charge in [-0.2, -0.15) is 0 Å². The van der Waals surface area contributed by atoms with Crippen LogP contribution in [0, 0.1) is 5.82 Å². The van der Waals surface area contributed by atoms with Gasteiger partial charge in [0.2, 0.25) is 0 Å². The predicted molar refractivity (Wildman–Crippen MR) is 60.4 cm³/mol. The lowest BCUT2D eigenvalue weighted by Gasteiger charge is -2.01. The zero-order chi connectivity index (χ0) is 10.4. The molecule has 15 heavy (non-hydrogen) atoms. The first-order valence-electron chi connectivity index (χ1n) is 4.47. The first-order valence-corrected chi connectivity index (χ1v) is 5.26. The Labute approximate surface area is 93.5 Å². The maximum Gasteiger partial charge on any atom is 0.138 e. The van der Waals surface area contributed by atoms with Crippen molar-refractivity contribution in [2.24, 2.45) is 0 Å². The van der Waals surface area contributed by atoms with Gasteiger partial charge in [0.25, 0.3) is 0 Å². The summed E-state index contributed by atoms with van der Waals surface area (Å²) in [6, 6.07) is 8.46. The fraction of sp³-hybridized carbons (Fsp3) is 0. The Kier molecular flexibility index (Phi) is 1.79. The van der Waals surface area contributed by atoms with Crippen LogP contribution in [0.15, 0.2) is 41.1 Å². The van der Waals surface area contributed by atoms with E-state index in [-0.39, 0.29) is 5.82 Å². The maximum absolute atomic E-state index is 13.0. The third-order valence-electron chi connectivity index (χ3n) is 2.36. The van der Waals surface area contributed by atoms with Gasteiger partial charge >= 0.3 is 0 Å². The number of aromatic nitrogens is 2. The lowest BCUT2D eigenvalue weighted by Crippen LogP contribution is -1.87. The van der Waals surface area contributed by atoms with E-state index in [4.69, 9.17) is 0 Å². The second kappa shape index (κ2) is 3.03. The zero-order valence-electron chi connectivity index (χ0n) is 7.61. The highest BCUT2D eigenvalue weighted by Crippen LogP contribution is 2.20. The van der Waals surface area contributed by atoms with Crippen molar-refractivity contribution in [2.75, 3.05) is 0 Å². The Morgan fingerprint density at radius 1 is 1.20 bits per heavy atom. The lowest BCUT2D eigenvalue weighted by molar-refractivity contribution is 0.629. The molecule has 3 aromatic rings. The van der Waals surface area contributed by atoms with Gasteiger partial charge in [0, 0.05) is 11.6 Å². The van der Waals surface area contributed by atoms with Crippen LogP contribution in [0.5, 0.6) is 0 Å². The first-order chi connectivity index (χ1) is 7.24. The molecule has 0 bridgehead atoms. The summed E-state index contributed by atoms with van der Waals surface area (Å²) in [7, 11) is 0. The Balaban J connectivity index is 2.53. The van der Waals surface area contributed by atoms with Gasteiger partial charge in [-0.1, -0.05) is 0 Å². The molecule has 0 saturated heterocycles. The molecule has 0 aliphatic rings. The van der Waals surface area contributed by atoms with Gasteiger partial charge < -0.3 is 0 Å². The lowest BCUT2D eigenvalue weighted by atomic mass is 10.2. The molecule has 3 rings (SSSR count). The van der Waals surface area contributed by atoms with Crippen molar-refractivity contribution in [3.05, 3.63) is 46.9 Å². The maximum atomic E-state index is 13.0. The molecule has 2 heterocycles. The van der Waals surface area contributed by atoms with Crippen LogP contribution in [0.3, 0.4) is 0 Å². The highest BCUT2D eigenvalue weighted by molar-refractivity contribution is 9.10. The van der Waals surface area contributed by atoms with E-state index >= 15 is 0 Å². The van der Waals surface area contributed by atoms with Gasteiger partial charge in [0.15, 0.2) is 0 Å². The number of rotatable bonds is 0. The van der Waals surface area contributed by atoms with E-state index in [1.165, 1.54) is 12.1 Å². The average Bonchev–Trinajstić information content (AvgIpc) is 2.58. The Hall–Kier alpha value is -1.42. The molecule has 1 aromatic carbocycles. The van der Waals surface area contributed by atoms with Crippen LogP contribution in [-0.4, -0.2) is 9.38 Å². The molecule has 74 valence electrons. The van der Waals surface area contributed by atoms with Crippen molar-refractivity contribution in [1.29, 1.82) is 0 Å². The molecule has 2 nitrogen and oxygen atoms in total. The summed E-state index contributed by atoms with van der Waals surface area (Å²) in [4.78, 5) is 4.27. The fourth-order valence-corrected chi connectivity index (χ4v) is 2.10. The molecule has 0 spiro atoms. The number of halogens is 2. The van der Waals surface area contributed by atoms with Crippen molar-refractivity contribution in [2.45, 2.75) is 0 Å². The molecule has 0 aliphatic carbocycles. The first kappa shape index (κ1) is 8.85. The molecule has 0 N–H and O–H groups in total. The van der Waals surface area contributed by atoms with Crippen molar-refractivity contribution >= 4 is 32.5 Å². The third kappa shape index (κ3) is 1.33. The van der Waals surface area contributed by atoms with Gasteiger partial charge in [0.05, 0.1) is 5.52 Å². The van der Waals surface area contributed by atoms with E-state index < -0.39 is 0 Å². The van der Waals surface area contributed by atoms with E-state index in [0.29, 0.717) is 0 Å². The highest BCUT2D eigenvalue weighted by atomic mass is 79.9. The smallest absolute Gasteiger partial charge is 0.138 e. The predicted octanol–water partition coefficient (Wildman–Crippen LogP) is 3.39. The van der Waals surface area contributed by atoms with Crippen molar-refractivity contribution < 1.29 is 4.39 Å². The minimum absolute atomic E-state index is 0.221. The molecule has 0 aliphatic heterocycles. The number of fused-ring (bicyclic) bond motifs is 3. The number of imidazole rings is 1. The van der Waals surface area contributed by atoms with Gasteiger partial charge in [0.1, 0.15) is 16.1 Å². The Morgan fingerprint density at radius 3 is 2.93 bits per heavy atom. The quantitative estimate of drug-likeness (QED) is 0.609. The van der Waals surface area contributed by atoms with Crippen LogP contribution in [0.2, 0.25) is 0 Å². The summed E-state index contributed by atoms with van der Waals surface area (Å²) in [5.74, 6) is -0.221. The third-order valence-corrected chi connectivity index (χ3v) is 2.75. The molecule has 0 fully saturated rings. The number of pyridine rings is 1. The van der Waals surface area contributed by atoms with Crippen molar-refractivity contribution in [1.82, 2.24) is 9.38 Å². The summed E-state index contributed by atoms with van der Waals surface area (Å²) in [5, 5.41) is 0.868. The Morgan fingerprint density at radius 2 is 2.07 bits per heavy atom. The summed E-state index contributed by atoms with van der Waals surface area (Å²) in [6.45, 7) is 0. The van der Waals surface area contributed by atoms with Gasteiger partial charge in [-0.3, -0.25) is 4.40 Å². The molecule has 0 amide bonds. The number of hydrogen-bond donors (Lipinski definition) is 0. The van der Waals surface area contributed by atoms with Crippen LogP contribution in [0.25, 0.3) is 16.6 Å². The number of benzene rings is 1. The fourth-order valence-electron chi connectivity index (χ4n) is 1.72. The second-order valence-electron chi connectivity index (χ2n) is 3.33. The number of hydrogen-bond acceptors (Lipinski definition) is 1. The largest absolute Gasteiger partial charge is 0.298 e. The van der Waals surface area contributed by atoms with E-state index in [0.717, 1.165) is 21.2 Å². The summed E-state index contributed by atoms with van der Waals surface area (Å²) in [6.07, 6.45) is 1.87. The second-order valence-corrected chi connectivity index (χ2v) is 4.14. The SMILES string of the molecule is Fc1ccc2c(ccc3nc(Br)cn32)c1. The van der Waals surface area contributed by atoms with Gasteiger partial charge in [-0.15, -0.1) is 0 Å². The van der Waals surface area contributed by atoms with Crippen LogP contribution in [-0.2, 0) is 0 Å². The Bertz CT molecular complexity index is 660. The topological polar surface area (TPSA) is 17.3 Å². The monoisotopic (exact) mass is 264 g/mol. The van der Waals surface area contributed by atoms with Crippen LogP contribution in [0.1, 0.15) is 0 Å². The van der Waals surface area contributed by atoms with Crippen LogP contribution < -0.4 is 0 Å². The van der Waals surface area contributed by atoms with E-state index in [9.17, 15) is 4.39 Å². The molecular formula is C11H6BrFN2. The van der Waals surface area contributed by atoms with E-state index in [2.05, 4.69) is 20.9 Å². The van der Waals surface area contributed by atoms with Crippen molar-refractivity contribution in [3.8, 4) is 0 Å². The summed E-state index contributed by atoms with van der Waals surface area (Å²) >= 11 is 3.32. The van der Waals surface area contributed by atoms with E-state index in [1.54, 1.807) is 6.07 Å². The average molecular weight is 265 g/mol. The molecule has 0 atom stereocenters.